The first-order valence-electron chi connectivity index (χ1n) is 11.4. The molecule has 1 aromatic heterocycles. The molecule has 1 saturated carbocycles. The Morgan fingerprint density at radius 3 is 2.58 bits per heavy atom. The highest BCUT2D eigenvalue weighted by Crippen LogP contribution is 2.51. The van der Waals surface area contributed by atoms with Crippen LogP contribution in [0.2, 0.25) is 0 Å². The highest BCUT2D eigenvalue weighted by atomic mass is 16.7. The fourth-order valence-corrected chi connectivity index (χ4v) is 4.65. The molecule has 174 valence electrons. The number of nitrogens with zero attached hydrogens (tertiary/aromatic N) is 1. The van der Waals surface area contributed by atoms with E-state index in [0.717, 1.165) is 40.7 Å². The molecule has 1 aliphatic heterocycles. The molecule has 0 saturated heterocycles. The predicted octanol–water partition coefficient (Wildman–Crippen LogP) is 3.69. The molecule has 2 aromatic carbocycles. The van der Waals surface area contributed by atoms with Gasteiger partial charge in [0, 0.05) is 27.7 Å². The van der Waals surface area contributed by atoms with E-state index in [0.29, 0.717) is 18.0 Å². The number of hydrogen-bond acceptors (Lipinski definition) is 5. The van der Waals surface area contributed by atoms with Gasteiger partial charge in [-0.1, -0.05) is 26.8 Å². The molecule has 3 aromatic rings. The van der Waals surface area contributed by atoms with Crippen molar-refractivity contribution in [3.05, 3.63) is 53.7 Å². The molecule has 3 N–H and O–H groups in total. The summed E-state index contributed by atoms with van der Waals surface area (Å²) in [6, 6.07) is 13.7. The summed E-state index contributed by atoms with van der Waals surface area (Å²) < 4.78 is 12.9. The number of fused-ring (bicyclic) bond motifs is 2. The van der Waals surface area contributed by atoms with Crippen LogP contribution in [0.15, 0.2) is 42.5 Å². The van der Waals surface area contributed by atoms with Gasteiger partial charge in [0.15, 0.2) is 11.5 Å². The van der Waals surface area contributed by atoms with Gasteiger partial charge < -0.3 is 29.6 Å². The van der Waals surface area contributed by atoms with Gasteiger partial charge in [-0.2, -0.15) is 0 Å². The Labute approximate surface area is 192 Å². The molecule has 2 aliphatic rings. The molecule has 1 amide bonds. The third-order valence-corrected chi connectivity index (χ3v) is 6.64. The van der Waals surface area contributed by atoms with E-state index < -0.39 is 11.5 Å². The Balaban J connectivity index is 1.43. The summed E-state index contributed by atoms with van der Waals surface area (Å²) in [6.45, 7) is 6.59. The molecule has 1 aliphatic carbocycles. The lowest BCUT2D eigenvalue weighted by Gasteiger charge is -2.23. The van der Waals surface area contributed by atoms with Gasteiger partial charge >= 0.3 is 0 Å². The second-order valence-corrected chi connectivity index (χ2v) is 10.1. The Morgan fingerprint density at radius 1 is 1.12 bits per heavy atom. The monoisotopic (exact) mass is 450 g/mol. The average molecular weight is 451 g/mol. The van der Waals surface area contributed by atoms with Crippen LogP contribution in [0.4, 0.5) is 5.69 Å². The van der Waals surface area contributed by atoms with Crippen molar-refractivity contribution in [3.8, 4) is 11.5 Å². The number of amides is 1. The second-order valence-electron chi connectivity index (χ2n) is 10.1. The van der Waals surface area contributed by atoms with Crippen molar-refractivity contribution in [2.24, 2.45) is 0 Å². The van der Waals surface area contributed by atoms with E-state index in [2.05, 4.69) is 36.7 Å². The van der Waals surface area contributed by atoms with Crippen molar-refractivity contribution in [2.45, 2.75) is 57.1 Å². The Bertz CT molecular complexity index is 1220. The van der Waals surface area contributed by atoms with Gasteiger partial charge in [0.1, 0.15) is 0 Å². The Kier molecular flexibility index (Phi) is 5.14. The molecule has 5 rings (SSSR count). The first kappa shape index (κ1) is 21.8. The highest BCUT2D eigenvalue weighted by Gasteiger charge is 2.51. The molecule has 0 bridgehead atoms. The molecule has 33 heavy (non-hydrogen) atoms. The normalized spacial score (nSPS) is 17.2. The summed E-state index contributed by atoms with van der Waals surface area (Å²) in [6.07, 6.45) is 0.756. The summed E-state index contributed by atoms with van der Waals surface area (Å²) in [7, 11) is 0. The minimum Gasteiger partial charge on any atom is -0.454 e. The zero-order valence-corrected chi connectivity index (χ0v) is 19.2. The van der Waals surface area contributed by atoms with Crippen LogP contribution in [0.5, 0.6) is 11.5 Å². The van der Waals surface area contributed by atoms with E-state index in [1.54, 1.807) is 0 Å². The number of carbonyl (C=O) groups excluding carboxylic acids is 1. The first-order chi connectivity index (χ1) is 15.7. The number of hydrogen-bond donors (Lipinski definition) is 3. The fraction of sp³-hybridized carbons (Fsp3) is 0.423. The van der Waals surface area contributed by atoms with Crippen molar-refractivity contribution in [1.29, 1.82) is 0 Å². The van der Waals surface area contributed by atoms with E-state index in [-0.39, 0.29) is 24.7 Å². The third-order valence-electron chi connectivity index (χ3n) is 6.64. The summed E-state index contributed by atoms with van der Waals surface area (Å²) in [5.74, 6) is 1.38. The Morgan fingerprint density at radius 2 is 1.88 bits per heavy atom. The number of aromatic nitrogens is 1. The SMILES string of the molecule is CC(C)(C)c1cc2cc(NC(=O)C3(c4ccc5c(c4)OCO5)CC3)ccc2n1C[C@@H](O)CO. The maximum Gasteiger partial charge on any atom is 0.235 e. The van der Waals surface area contributed by atoms with Crippen molar-refractivity contribution in [3.63, 3.8) is 0 Å². The van der Waals surface area contributed by atoms with Crippen LogP contribution in [0, 0.1) is 0 Å². The maximum absolute atomic E-state index is 13.3. The number of carbonyl (C=O) groups is 1. The summed E-state index contributed by atoms with van der Waals surface area (Å²) in [4.78, 5) is 13.3. The summed E-state index contributed by atoms with van der Waals surface area (Å²) >= 11 is 0. The third kappa shape index (κ3) is 3.85. The van der Waals surface area contributed by atoms with Crippen LogP contribution in [0.3, 0.4) is 0 Å². The van der Waals surface area contributed by atoms with E-state index in [9.17, 15) is 15.0 Å². The summed E-state index contributed by atoms with van der Waals surface area (Å²) in [5.41, 5.74) is 3.03. The standard InChI is InChI=1S/C26H30N2O5/c1-25(2,3)23-11-16-10-18(5-6-20(16)28(23)13-19(30)14-29)27-24(31)26(8-9-26)17-4-7-21-22(12-17)33-15-32-21/h4-7,10-12,19,29-30H,8-9,13-15H2,1-3H3,(H,27,31)/t19-/m1/s1. The zero-order valence-electron chi connectivity index (χ0n) is 19.2. The molecule has 1 fully saturated rings. The van der Waals surface area contributed by atoms with Gasteiger partial charge in [-0.05, 0) is 54.8 Å². The largest absolute Gasteiger partial charge is 0.454 e. The minimum absolute atomic E-state index is 0.0214. The van der Waals surface area contributed by atoms with Crippen LogP contribution < -0.4 is 14.8 Å². The molecule has 1 atom stereocenters. The number of rotatable bonds is 6. The van der Waals surface area contributed by atoms with Gasteiger partial charge in [0.2, 0.25) is 12.7 Å². The zero-order chi connectivity index (χ0) is 23.4. The van der Waals surface area contributed by atoms with Crippen molar-refractivity contribution in [1.82, 2.24) is 4.57 Å². The number of benzene rings is 2. The van der Waals surface area contributed by atoms with E-state index in [4.69, 9.17) is 9.47 Å². The topological polar surface area (TPSA) is 93.0 Å². The molecular formula is C26H30N2O5. The molecule has 0 unspecified atom stereocenters. The van der Waals surface area contributed by atoms with Crippen LogP contribution >= 0.6 is 0 Å². The molecule has 7 heteroatoms. The Hall–Kier alpha value is -3.03. The molecule has 0 radical (unpaired) electrons. The van der Waals surface area contributed by atoms with E-state index in [1.807, 2.05) is 36.4 Å². The fourth-order valence-electron chi connectivity index (χ4n) is 4.65. The first-order valence-corrected chi connectivity index (χ1v) is 11.4. The van der Waals surface area contributed by atoms with Gasteiger partial charge in [0.05, 0.1) is 24.7 Å². The van der Waals surface area contributed by atoms with Gasteiger partial charge in [0.25, 0.3) is 0 Å². The van der Waals surface area contributed by atoms with Crippen LogP contribution in [0.25, 0.3) is 10.9 Å². The van der Waals surface area contributed by atoms with E-state index >= 15 is 0 Å². The second kappa shape index (κ2) is 7.78. The minimum atomic E-state index is -0.836. The van der Waals surface area contributed by atoms with E-state index in [1.165, 1.54) is 0 Å². The summed E-state index contributed by atoms with van der Waals surface area (Å²) in [5, 5.41) is 23.5. The van der Waals surface area contributed by atoms with Crippen molar-refractivity contribution >= 4 is 22.5 Å². The smallest absolute Gasteiger partial charge is 0.235 e. The predicted molar refractivity (Wildman–Crippen MR) is 126 cm³/mol. The maximum atomic E-state index is 13.3. The number of aliphatic hydroxyl groups is 2. The number of anilines is 1. The van der Waals surface area contributed by atoms with Crippen LogP contribution in [-0.2, 0) is 22.2 Å². The molecular weight excluding hydrogens is 420 g/mol. The number of ether oxygens (including phenoxy) is 2. The van der Waals surface area contributed by atoms with Gasteiger partial charge in [-0.3, -0.25) is 4.79 Å². The highest BCUT2D eigenvalue weighted by molar-refractivity contribution is 6.02. The van der Waals surface area contributed by atoms with Crippen molar-refractivity contribution in [2.75, 3.05) is 18.7 Å². The lowest BCUT2D eigenvalue weighted by Crippen LogP contribution is -2.27. The molecule has 2 heterocycles. The van der Waals surface area contributed by atoms with Crippen LogP contribution in [-0.4, -0.2) is 40.2 Å². The lowest BCUT2D eigenvalue weighted by molar-refractivity contribution is -0.118. The van der Waals surface area contributed by atoms with Crippen LogP contribution in [0.1, 0.15) is 44.9 Å². The lowest BCUT2D eigenvalue weighted by atomic mass is 9.92. The quantitative estimate of drug-likeness (QED) is 0.533. The molecule has 7 nitrogen and oxygen atoms in total. The number of aliphatic hydroxyl groups excluding tert-OH is 2. The molecule has 0 spiro atoms. The average Bonchev–Trinajstić information content (AvgIpc) is 3.32. The van der Waals surface area contributed by atoms with Crippen molar-refractivity contribution < 1.29 is 24.5 Å². The van der Waals surface area contributed by atoms with Gasteiger partial charge in [-0.15, -0.1) is 0 Å². The van der Waals surface area contributed by atoms with Gasteiger partial charge in [-0.25, -0.2) is 0 Å². The number of nitrogens with one attached hydrogen (secondary N) is 1.